The largest absolute Gasteiger partial charge is 0.389 e. The van der Waals surface area contributed by atoms with Gasteiger partial charge in [-0.2, -0.15) is 0 Å². The minimum atomic E-state index is -0.750. The van der Waals surface area contributed by atoms with Gasteiger partial charge in [-0.25, -0.2) is 0 Å². The lowest BCUT2D eigenvalue weighted by molar-refractivity contribution is -0.131. The normalized spacial score (nSPS) is 11.9. The topological polar surface area (TPSA) is 43.8 Å². The van der Waals surface area contributed by atoms with Crippen molar-refractivity contribution in [1.82, 2.24) is 9.80 Å². The molecule has 0 aliphatic heterocycles. The van der Waals surface area contributed by atoms with E-state index in [4.69, 9.17) is 0 Å². The first-order valence-electron chi connectivity index (χ1n) is 4.91. The molecule has 4 nitrogen and oxygen atoms in total. The second kappa shape index (κ2) is 5.32. The number of aliphatic hydroxyl groups is 1. The van der Waals surface area contributed by atoms with E-state index in [1.54, 1.807) is 25.8 Å². The highest BCUT2D eigenvalue weighted by molar-refractivity contribution is 5.77. The maximum Gasteiger partial charge on any atom is 0.236 e. The van der Waals surface area contributed by atoms with Crippen LogP contribution in [0.1, 0.15) is 20.8 Å². The Labute approximate surface area is 86.5 Å². The van der Waals surface area contributed by atoms with Gasteiger partial charge in [0.2, 0.25) is 5.91 Å². The van der Waals surface area contributed by atoms with Crippen LogP contribution in [-0.2, 0) is 4.79 Å². The summed E-state index contributed by atoms with van der Waals surface area (Å²) in [4.78, 5) is 15.0. The van der Waals surface area contributed by atoms with Gasteiger partial charge in [-0.1, -0.05) is 0 Å². The van der Waals surface area contributed by atoms with Gasteiger partial charge < -0.3 is 10.0 Å². The molecule has 0 aromatic rings. The molecule has 0 saturated heterocycles. The van der Waals surface area contributed by atoms with E-state index in [0.29, 0.717) is 13.1 Å². The van der Waals surface area contributed by atoms with Crippen LogP contribution in [0.3, 0.4) is 0 Å². The Balaban J connectivity index is 3.95. The first-order valence-corrected chi connectivity index (χ1v) is 4.91. The number of amides is 1. The Bertz CT molecular complexity index is 187. The molecule has 0 aliphatic rings. The molecule has 0 rings (SSSR count). The van der Waals surface area contributed by atoms with Crippen LogP contribution in [0.15, 0.2) is 0 Å². The molecule has 0 unspecified atom stereocenters. The molecule has 14 heavy (non-hydrogen) atoms. The second-order valence-corrected chi connectivity index (χ2v) is 4.39. The third kappa shape index (κ3) is 5.94. The van der Waals surface area contributed by atoms with Crippen molar-refractivity contribution in [1.29, 1.82) is 0 Å². The van der Waals surface area contributed by atoms with E-state index in [0.717, 1.165) is 6.54 Å². The molecule has 0 aromatic heterocycles. The quantitative estimate of drug-likeness (QED) is 0.691. The summed E-state index contributed by atoms with van der Waals surface area (Å²) in [5.41, 5.74) is -0.750. The summed E-state index contributed by atoms with van der Waals surface area (Å²) >= 11 is 0. The molecular weight excluding hydrogens is 180 g/mol. The summed E-state index contributed by atoms with van der Waals surface area (Å²) in [6, 6.07) is 0. The highest BCUT2D eigenvalue weighted by Crippen LogP contribution is 2.02. The zero-order valence-electron chi connectivity index (χ0n) is 9.87. The Morgan fingerprint density at radius 1 is 1.36 bits per heavy atom. The molecule has 0 radical (unpaired) electrons. The maximum absolute atomic E-state index is 11.5. The van der Waals surface area contributed by atoms with Crippen molar-refractivity contribution in [3.8, 4) is 0 Å². The Morgan fingerprint density at radius 2 is 1.86 bits per heavy atom. The third-order valence-electron chi connectivity index (χ3n) is 1.96. The van der Waals surface area contributed by atoms with Crippen LogP contribution in [-0.4, -0.2) is 60.1 Å². The fourth-order valence-electron chi connectivity index (χ4n) is 1.24. The SMILES string of the molecule is CCN(C)C(=O)CN(C)CC(C)(C)O. The van der Waals surface area contributed by atoms with Crippen molar-refractivity contribution in [2.75, 3.05) is 33.7 Å². The number of likely N-dealkylation sites (N-methyl/N-ethyl adjacent to an activating group) is 2. The van der Waals surface area contributed by atoms with Crippen molar-refractivity contribution in [2.24, 2.45) is 0 Å². The van der Waals surface area contributed by atoms with Gasteiger partial charge in [-0.05, 0) is 27.8 Å². The lowest BCUT2D eigenvalue weighted by Gasteiger charge is -2.26. The molecule has 0 heterocycles. The second-order valence-electron chi connectivity index (χ2n) is 4.39. The van der Waals surface area contributed by atoms with Crippen LogP contribution in [0, 0.1) is 0 Å². The fourth-order valence-corrected chi connectivity index (χ4v) is 1.24. The number of hydrogen-bond donors (Lipinski definition) is 1. The molecule has 0 spiro atoms. The van der Waals surface area contributed by atoms with Crippen LogP contribution >= 0.6 is 0 Å². The first kappa shape index (κ1) is 13.4. The molecule has 0 aliphatic carbocycles. The van der Waals surface area contributed by atoms with Crippen molar-refractivity contribution in [2.45, 2.75) is 26.4 Å². The monoisotopic (exact) mass is 202 g/mol. The summed E-state index contributed by atoms with van der Waals surface area (Å²) in [7, 11) is 3.61. The minimum Gasteiger partial charge on any atom is -0.389 e. The molecule has 0 aromatic carbocycles. The molecule has 1 amide bonds. The zero-order chi connectivity index (χ0) is 11.4. The maximum atomic E-state index is 11.5. The molecule has 1 N–H and O–H groups in total. The van der Waals surface area contributed by atoms with Crippen LogP contribution < -0.4 is 0 Å². The third-order valence-corrected chi connectivity index (χ3v) is 1.96. The fraction of sp³-hybridized carbons (Fsp3) is 0.900. The van der Waals surface area contributed by atoms with Crippen molar-refractivity contribution in [3.63, 3.8) is 0 Å². The van der Waals surface area contributed by atoms with Crippen LogP contribution in [0.25, 0.3) is 0 Å². The summed E-state index contributed by atoms with van der Waals surface area (Å²) in [5, 5.41) is 9.53. The summed E-state index contributed by atoms with van der Waals surface area (Å²) in [6.07, 6.45) is 0. The Morgan fingerprint density at radius 3 is 2.21 bits per heavy atom. The van der Waals surface area contributed by atoms with E-state index >= 15 is 0 Å². The van der Waals surface area contributed by atoms with Crippen LogP contribution in [0.5, 0.6) is 0 Å². The summed E-state index contributed by atoms with van der Waals surface area (Å²) < 4.78 is 0. The van der Waals surface area contributed by atoms with Gasteiger partial charge in [0.15, 0.2) is 0 Å². The van der Waals surface area contributed by atoms with Gasteiger partial charge in [0.05, 0.1) is 12.1 Å². The van der Waals surface area contributed by atoms with Gasteiger partial charge in [0.1, 0.15) is 0 Å². The van der Waals surface area contributed by atoms with Gasteiger partial charge in [0.25, 0.3) is 0 Å². The van der Waals surface area contributed by atoms with Gasteiger partial charge >= 0.3 is 0 Å². The first-order chi connectivity index (χ1) is 6.26. The standard InChI is InChI=1S/C10H22N2O2/c1-6-12(5)9(13)7-11(4)8-10(2,3)14/h14H,6-8H2,1-5H3. The van der Waals surface area contributed by atoms with E-state index in [9.17, 15) is 9.90 Å². The van der Waals surface area contributed by atoms with Crippen LogP contribution in [0.4, 0.5) is 0 Å². The number of carbonyl (C=O) groups excluding carboxylic acids is 1. The smallest absolute Gasteiger partial charge is 0.236 e. The lowest BCUT2D eigenvalue weighted by Crippen LogP contribution is -2.42. The number of nitrogens with zero attached hydrogens (tertiary/aromatic N) is 2. The molecule has 0 bridgehead atoms. The molecule has 4 heteroatoms. The van der Waals surface area contributed by atoms with E-state index in [2.05, 4.69) is 0 Å². The van der Waals surface area contributed by atoms with E-state index in [-0.39, 0.29) is 5.91 Å². The van der Waals surface area contributed by atoms with Gasteiger partial charge in [-0.3, -0.25) is 9.69 Å². The molecule has 0 fully saturated rings. The minimum absolute atomic E-state index is 0.0826. The van der Waals surface area contributed by atoms with Gasteiger partial charge in [0, 0.05) is 20.1 Å². The molecule has 0 saturated carbocycles. The van der Waals surface area contributed by atoms with E-state index in [1.165, 1.54) is 0 Å². The molecule has 84 valence electrons. The number of carbonyl (C=O) groups is 1. The summed E-state index contributed by atoms with van der Waals surface area (Å²) in [6.45, 7) is 6.97. The highest BCUT2D eigenvalue weighted by Gasteiger charge is 2.18. The van der Waals surface area contributed by atoms with Crippen LogP contribution in [0.2, 0.25) is 0 Å². The van der Waals surface area contributed by atoms with E-state index < -0.39 is 5.60 Å². The zero-order valence-corrected chi connectivity index (χ0v) is 9.87. The lowest BCUT2D eigenvalue weighted by atomic mass is 10.1. The Hall–Kier alpha value is -0.610. The number of hydrogen-bond acceptors (Lipinski definition) is 3. The van der Waals surface area contributed by atoms with Crippen molar-refractivity contribution >= 4 is 5.91 Å². The molecule has 0 atom stereocenters. The molecular formula is C10H22N2O2. The average molecular weight is 202 g/mol. The van der Waals surface area contributed by atoms with E-state index in [1.807, 2.05) is 18.9 Å². The van der Waals surface area contributed by atoms with Crippen molar-refractivity contribution in [3.05, 3.63) is 0 Å². The average Bonchev–Trinajstić information content (AvgIpc) is 1.99. The predicted octanol–water partition coefficient (Wildman–Crippen LogP) is 0.167. The van der Waals surface area contributed by atoms with Crippen molar-refractivity contribution < 1.29 is 9.90 Å². The summed E-state index contributed by atoms with van der Waals surface area (Å²) in [5.74, 6) is 0.0826. The predicted molar refractivity (Wildman–Crippen MR) is 57.1 cm³/mol. The number of rotatable bonds is 5. The van der Waals surface area contributed by atoms with Gasteiger partial charge in [-0.15, -0.1) is 0 Å². The highest BCUT2D eigenvalue weighted by atomic mass is 16.3. The Kier molecular flexibility index (Phi) is 5.08.